The fraction of sp³-hybridized carbons (Fsp3) is 1.00. The summed E-state index contributed by atoms with van der Waals surface area (Å²) in [6.45, 7) is 9.22. The van der Waals surface area contributed by atoms with Crippen molar-refractivity contribution in [1.82, 2.24) is 14.7 Å². The van der Waals surface area contributed by atoms with Crippen LogP contribution >= 0.6 is 0 Å². The highest BCUT2D eigenvalue weighted by Crippen LogP contribution is 2.09. The van der Waals surface area contributed by atoms with Crippen molar-refractivity contribution < 1.29 is 29.9 Å². The van der Waals surface area contributed by atoms with E-state index in [4.69, 9.17) is 4.74 Å². The molecule has 0 bridgehead atoms. The molecule has 0 aromatic heterocycles. The van der Waals surface area contributed by atoms with E-state index in [1.165, 1.54) is 0 Å². The molecule has 0 aromatic carbocycles. The fourth-order valence-corrected chi connectivity index (χ4v) is 4.72. The molecule has 0 amide bonds. The third-order valence-electron chi connectivity index (χ3n) is 4.54. The summed E-state index contributed by atoms with van der Waals surface area (Å²) in [6, 6.07) is 0. The Hall–Kier alpha value is -0.340. The van der Waals surface area contributed by atoms with Crippen molar-refractivity contribution in [3.63, 3.8) is 0 Å². The molecule has 26 heavy (non-hydrogen) atoms. The van der Waals surface area contributed by atoms with Gasteiger partial charge in [0, 0.05) is 52.4 Å². The molecule has 0 unspecified atom stereocenters. The van der Waals surface area contributed by atoms with Gasteiger partial charge in [-0.15, -0.1) is 0 Å². The minimum absolute atomic E-state index is 0.208. The van der Waals surface area contributed by atoms with Crippen molar-refractivity contribution in [3.05, 3.63) is 0 Å². The lowest BCUT2D eigenvalue weighted by Gasteiger charge is -2.33. The maximum atomic E-state index is 11.9. The van der Waals surface area contributed by atoms with Crippen molar-refractivity contribution >= 4 is 18.3 Å². The molecular formula is C14H29N3O7S2. The second-order valence-electron chi connectivity index (χ2n) is 6.19. The van der Waals surface area contributed by atoms with Gasteiger partial charge in [-0.25, -0.2) is 0 Å². The normalized spacial score (nSPS) is 21.9. The zero-order chi connectivity index (χ0) is 19.0. The van der Waals surface area contributed by atoms with Crippen LogP contribution in [0, 0.1) is 0 Å². The molecule has 12 heteroatoms. The molecule has 10 nitrogen and oxygen atoms in total. The summed E-state index contributed by atoms with van der Waals surface area (Å²) in [5.41, 5.74) is 0. The summed E-state index contributed by atoms with van der Waals surface area (Å²) in [7, 11) is -9.62. The molecule has 2 saturated heterocycles. The predicted molar refractivity (Wildman–Crippen MR) is 95.6 cm³/mol. The SMILES string of the molecule is CCN1CCN(CCOS(=O)(=O)S(=O)(=O)OCCN2CCOCC2)CC1. The Morgan fingerprint density at radius 2 is 1.15 bits per heavy atom. The highest BCUT2D eigenvalue weighted by atomic mass is 33.2. The van der Waals surface area contributed by atoms with Crippen molar-refractivity contribution in [2.24, 2.45) is 0 Å². The van der Waals surface area contributed by atoms with Crippen LogP contribution in [0.4, 0.5) is 0 Å². The van der Waals surface area contributed by atoms with Crippen LogP contribution in [0.25, 0.3) is 0 Å². The third-order valence-corrected chi connectivity index (χ3v) is 8.02. The van der Waals surface area contributed by atoms with Crippen LogP contribution < -0.4 is 0 Å². The van der Waals surface area contributed by atoms with Gasteiger partial charge >= 0.3 is 18.3 Å². The average molecular weight is 416 g/mol. The van der Waals surface area contributed by atoms with E-state index in [-0.39, 0.29) is 13.2 Å². The van der Waals surface area contributed by atoms with E-state index in [0.717, 1.165) is 32.7 Å². The number of piperazine rings is 1. The molecule has 2 aliphatic rings. The van der Waals surface area contributed by atoms with Crippen molar-refractivity contribution in [2.75, 3.05) is 85.3 Å². The van der Waals surface area contributed by atoms with Gasteiger partial charge in [-0.1, -0.05) is 6.92 Å². The van der Waals surface area contributed by atoms with E-state index in [9.17, 15) is 16.8 Å². The molecule has 2 heterocycles. The summed E-state index contributed by atoms with van der Waals surface area (Å²) >= 11 is 0. The standard InChI is InChI=1S/C14H29N3O7S2/c1-2-15-3-5-16(6-4-15)9-13-23-25(18,19)26(20,21)24-14-10-17-7-11-22-12-8-17/h2-14H2,1H3. The van der Waals surface area contributed by atoms with E-state index in [1.807, 2.05) is 9.80 Å². The molecule has 0 N–H and O–H groups in total. The largest absolute Gasteiger partial charge is 0.400 e. The van der Waals surface area contributed by atoms with E-state index >= 15 is 0 Å². The monoisotopic (exact) mass is 415 g/mol. The number of rotatable bonds is 10. The van der Waals surface area contributed by atoms with Crippen molar-refractivity contribution in [3.8, 4) is 0 Å². The fourth-order valence-electron chi connectivity index (χ4n) is 2.81. The summed E-state index contributed by atoms with van der Waals surface area (Å²) in [5.74, 6) is 0. The molecule has 154 valence electrons. The van der Waals surface area contributed by atoms with Crippen LogP contribution in [0.5, 0.6) is 0 Å². The molecule has 0 aliphatic carbocycles. The van der Waals surface area contributed by atoms with Gasteiger partial charge in [-0.05, 0) is 6.54 Å². The first-order chi connectivity index (χ1) is 12.3. The lowest BCUT2D eigenvalue weighted by molar-refractivity contribution is 0.0328. The van der Waals surface area contributed by atoms with Gasteiger partial charge in [0.15, 0.2) is 0 Å². The minimum atomic E-state index is -4.81. The quantitative estimate of drug-likeness (QED) is 0.394. The Morgan fingerprint density at radius 1 is 0.731 bits per heavy atom. The third kappa shape index (κ3) is 6.68. The summed E-state index contributed by atoms with van der Waals surface area (Å²) in [4.78, 5) is 6.29. The van der Waals surface area contributed by atoms with Crippen molar-refractivity contribution in [1.29, 1.82) is 0 Å². The Morgan fingerprint density at radius 3 is 1.62 bits per heavy atom. The Balaban J connectivity index is 1.69. The number of hydrogen-bond donors (Lipinski definition) is 0. The summed E-state index contributed by atoms with van der Waals surface area (Å²) in [5, 5.41) is 0. The first-order valence-electron chi connectivity index (χ1n) is 8.87. The van der Waals surface area contributed by atoms with Crippen LogP contribution in [-0.4, -0.2) is 117 Å². The van der Waals surface area contributed by atoms with E-state index in [2.05, 4.69) is 20.2 Å². The number of morpholine rings is 1. The second-order valence-corrected chi connectivity index (χ2v) is 10.7. The molecule has 2 rings (SSSR count). The molecule has 0 radical (unpaired) electrons. The second kappa shape index (κ2) is 10.3. The number of ether oxygens (including phenoxy) is 1. The van der Waals surface area contributed by atoms with Crippen molar-refractivity contribution in [2.45, 2.75) is 6.92 Å². The van der Waals surface area contributed by atoms with Crippen LogP contribution in [0.3, 0.4) is 0 Å². The molecule has 2 fully saturated rings. The van der Waals surface area contributed by atoms with Crippen LogP contribution in [0.1, 0.15) is 6.92 Å². The van der Waals surface area contributed by atoms with Crippen LogP contribution in [-0.2, 0) is 31.4 Å². The molecular weight excluding hydrogens is 386 g/mol. The molecule has 0 aromatic rings. The lowest BCUT2D eigenvalue weighted by Crippen LogP contribution is -2.47. The molecule has 0 atom stereocenters. The molecule has 0 saturated carbocycles. The topological polar surface area (TPSA) is 106 Å². The Bertz CT molecular complexity index is 612. The number of likely N-dealkylation sites (N-methyl/N-ethyl adjacent to an activating group) is 1. The van der Waals surface area contributed by atoms with E-state index < -0.39 is 18.3 Å². The Kier molecular flexibility index (Phi) is 8.67. The van der Waals surface area contributed by atoms with Gasteiger partial charge in [-0.3, -0.25) is 18.2 Å². The van der Waals surface area contributed by atoms with Crippen LogP contribution in [0.15, 0.2) is 0 Å². The van der Waals surface area contributed by atoms with E-state index in [0.29, 0.717) is 39.4 Å². The minimum Gasteiger partial charge on any atom is -0.379 e. The maximum absolute atomic E-state index is 11.9. The molecule has 0 spiro atoms. The zero-order valence-corrected chi connectivity index (χ0v) is 16.8. The first-order valence-corrected chi connectivity index (χ1v) is 12.2. The first kappa shape index (κ1) is 22.0. The number of hydrogen-bond acceptors (Lipinski definition) is 10. The van der Waals surface area contributed by atoms with Gasteiger partial charge in [-0.2, -0.15) is 16.8 Å². The highest BCUT2D eigenvalue weighted by molar-refractivity contribution is 8.63. The number of nitrogens with zero attached hydrogens (tertiary/aromatic N) is 3. The predicted octanol–water partition coefficient (Wildman–Crippen LogP) is -1.44. The van der Waals surface area contributed by atoms with Gasteiger partial charge in [0.1, 0.15) is 0 Å². The average Bonchev–Trinajstić information content (AvgIpc) is 2.63. The maximum Gasteiger partial charge on any atom is 0.400 e. The van der Waals surface area contributed by atoms with Gasteiger partial charge < -0.3 is 9.64 Å². The van der Waals surface area contributed by atoms with E-state index in [1.54, 1.807) is 0 Å². The Labute approximate surface area is 155 Å². The lowest BCUT2D eigenvalue weighted by atomic mass is 10.3. The summed E-state index contributed by atoms with van der Waals surface area (Å²) < 4.78 is 61.9. The van der Waals surface area contributed by atoms with Gasteiger partial charge in [0.2, 0.25) is 0 Å². The highest BCUT2D eigenvalue weighted by Gasteiger charge is 2.32. The molecule has 2 aliphatic heterocycles. The zero-order valence-electron chi connectivity index (χ0n) is 15.2. The van der Waals surface area contributed by atoms with Gasteiger partial charge in [0.25, 0.3) is 0 Å². The smallest absolute Gasteiger partial charge is 0.379 e. The summed E-state index contributed by atoms with van der Waals surface area (Å²) in [6.07, 6.45) is 0. The van der Waals surface area contributed by atoms with Gasteiger partial charge in [0.05, 0.1) is 26.4 Å². The van der Waals surface area contributed by atoms with Crippen LogP contribution in [0.2, 0.25) is 0 Å².